The van der Waals surface area contributed by atoms with Crippen molar-refractivity contribution < 1.29 is 32.2 Å². The minimum absolute atomic E-state index is 0.0132. The molecule has 4 aliphatic rings. The topological polar surface area (TPSA) is 59.1 Å². The lowest BCUT2D eigenvalue weighted by Crippen LogP contribution is -2.45. The Balaban J connectivity index is 1.13. The molecule has 6 nitrogen and oxygen atoms in total. The van der Waals surface area contributed by atoms with Gasteiger partial charge in [0.1, 0.15) is 5.75 Å². The Bertz CT molecular complexity index is 1350. The zero-order valence-electron chi connectivity index (χ0n) is 23.7. The number of halogens is 3. The Morgan fingerprint density at radius 1 is 1.15 bits per heavy atom. The van der Waals surface area contributed by atoms with Gasteiger partial charge in [-0.15, -0.1) is 0 Å². The van der Waals surface area contributed by atoms with Crippen LogP contribution in [0, 0.1) is 17.3 Å². The molecule has 0 radical (unpaired) electrons. The van der Waals surface area contributed by atoms with E-state index < -0.39 is 23.4 Å². The maximum Gasteiger partial charge on any atom is 0.416 e. The predicted molar refractivity (Wildman–Crippen MR) is 146 cm³/mol. The zero-order valence-corrected chi connectivity index (χ0v) is 23.7. The van der Waals surface area contributed by atoms with Crippen molar-refractivity contribution in [1.82, 2.24) is 9.80 Å². The largest absolute Gasteiger partial charge is 0.470 e. The molecule has 9 heteroatoms. The monoisotopic (exact) mass is 570 g/mol. The zero-order chi connectivity index (χ0) is 29.1. The molecule has 220 valence electrons. The second-order valence-electron chi connectivity index (χ2n) is 12.3. The number of benzene rings is 2. The maximum atomic E-state index is 13.9. The number of amides is 1. The summed E-state index contributed by atoms with van der Waals surface area (Å²) >= 11 is 0. The van der Waals surface area contributed by atoms with E-state index >= 15 is 0 Å². The van der Waals surface area contributed by atoms with Crippen LogP contribution in [0.4, 0.5) is 13.2 Å². The van der Waals surface area contributed by atoms with Crippen molar-refractivity contribution >= 4 is 11.9 Å². The van der Waals surface area contributed by atoms with Crippen LogP contribution >= 0.6 is 0 Å². The number of esters is 1. The molecule has 2 unspecified atom stereocenters. The first-order valence-corrected chi connectivity index (χ1v) is 14.7. The maximum absolute atomic E-state index is 13.9. The summed E-state index contributed by atoms with van der Waals surface area (Å²) in [4.78, 5) is 30.3. The number of ether oxygens (including phenoxy) is 2. The molecule has 1 saturated carbocycles. The number of likely N-dealkylation sites (tertiary alicyclic amines) is 1. The van der Waals surface area contributed by atoms with Crippen LogP contribution in [-0.2, 0) is 22.3 Å². The molecule has 0 N–H and O–H groups in total. The molecule has 3 aliphatic heterocycles. The second kappa shape index (κ2) is 10.3. The highest BCUT2D eigenvalue weighted by Crippen LogP contribution is 2.56. The number of alkyl halides is 3. The molecule has 0 aromatic heterocycles. The van der Waals surface area contributed by atoms with Crippen LogP contribution in [0.25, 0.3) is 0 Å². The minimum atomic E-state index is -4.44. The van der Waals surface area contributed by atoms with Crippen molar-refractivity contribution in [3.05, 3.63) is 64.7 Å². The molecule has 3 fully saturated rings. The molecule has 2 aromatic rings. The summed E-state index contributed by atoms with van der Waals surface area (Å²) in [6.07, 6.45) is -1.52. The average Bonchev–Trinajstić information content (AvgIpc) is 3.48. The van der Waals surface area contributed by atoms with Gasteiger partial charge in [0.15, 0.2) is 6.23 Å². The summed E-state index contributed by atoms with van der Waals surface area (Å²) in [5.41, 5.74) is 0.872. The third-order valence-corrected chi connectivity index (χ3v) is 10.1. The number of nitrogens with zero attached hydrogens (tertiary/aromatic N) is 2. The van der Waals surface area contributed by atoms with Crippen LogP contribution in [-0.4, -0.2) is 53.6 Å². The Kier molecular flexibility index (Phi) is 7.07. The van der Waals surface area contributed by atoms with E-state index in [2.05, 4.69) is 24.8 Å². The van der Waals surface area contributed by atoms with Gasteiger partial charge in [0.05, 0.1) is 29.7 Å². The van der Waals surface area contributed by atoms with Gasteiger partial charge >= 0.3 is 12.1 Å². The van der Waals surface area contributed by atoms with E-state index in [0.717, 1.165) is 56.5 Å². The first-order valence-electron chi connectivity index (χ1n) is 14.7. The first-order chi connectivity index (χ1) is 19.5. The quantitative estimate of drug-likeness (QED) is 0.407. The summed E-state index contributed by atoms with van der Waals surface area (Å²) in [5.74, 6) is 0.811. The van der Waals surface area contributed by atoms with E-state index in [4.69, 9.17) is 9.47 Å². The van der Waals surface area contributed by atoms with E-state index in [1.807, 2.05) is 12.1 Å². The fraction of sp³-hybridized carbons (Fsp3) is 0.562. The Morgan fingerprint density at radius 2 is 1.95 bits per heavy atom. The standard InChI is InChI=1S/C32H37F3N2O4/c1-4-40-29(38)22-7-5-6-21(14-22)26-11-13-36(17-19(26)2)25-10-12-31(16-25)20(3)28-37(30(31)39)18-23-15-24(32(33,34)35)8-9-27(23)41-28/h5-9,14-15,19-20,25-26,28H,4,10-13,16-18H2,1-3H3/t19-,20?,25-,26-,28?,31+/m1/s1. The smallest absolute Gasteiger partial charge is 0.416 e. The lowest BCUT2D eigenvalue weighted by Gasteiger charge is -2.41. The molecule has 3 heterocycles. The molecular weight excluding hydrogens is 533 g/mol. The third-order valence-electron chi connectivity index (χ3n) is 10.1. The highest BCUT2D eigenvalue weighted by molar-refractivity contribution is 5.89. The molecular formula is C32H37F3N2O4. The van der Waals surface area contributed by atoms with Crippen molar-refractivity contribution in [3.63, 3.8) is 0 Å². The molecule has 2 saturated heterocycles. The molecule has 0 bridgehead atoms. The van der Waals surface area contributed by atoms with Gasteiger partial charge in [-0.2, -0.15) is 13.2 Å². The highest BCUT2D eigenvalue weighted by atomic mass is 19.4. The Morgan fingerprint density at radius 3 is 2.68 bits per heavy atom. The molecule has 2 aromatic carbocycles. The van der Waals surface area contributed by atoms with E-state index in [9.17, 15) is 22.8 Å². The number of rotatable bonds is 4. The normalized spacial score (nSPS) is 31.6. The van der Waals surface area contributed by atoms with Crippen LogP contribution in [0.1, 0.15) is 79.4 Å². The predicted octanol–water partition coefficient (Wildman–Crippen LogP) is 6.24. The number of carbonyl (C=O) groups excluding carboxylic acids is 2. The van der Waals surface area contributed by atoms with Gasteiger partial charge in [0.25, 0.3) is 0 Å². The van der Waals surface area contributed by atoms with Gasteiger partial charge in [-0.05, 0) is 86.9 Å². The lowest BCUT2D eigenvalue weighted by atomic mass is 9.76. The Hall–Kier alpha value is -3.07. The molecule has 41 heavy (non-hydrogen) atoms. The van der Waals surface area contributed by atoms with Crippen molar-refractivity contribution in [1.29, 1.82) is 0 Å². The SMILES string of the molecule is CCOC(=O)c1cccc([C@@H]2CCN([C@@H]3CC[C@@]4(C3)C(=O)N3Cc5cc(C(F)(F)F)ccc5OC3C4C)C[C@H]2C)c1. The van der Waals surface area contributed by atoms with Crippen molar-refractivity contribution in [2.45, 2.75) is 77.4 Å². The Labute approximate surface area is 238 Å². The number of fused-ring (bicyclic) bond motifs is 2. The van der Waals surface area contributed by atoms with Crippen LogP contribution in [0.15, 0.2) is 42.5 Å². The van der Waals surface area contributed by atoms with Crippen LogP contribution < -0.4 is 4.74 Å². The van der Waals surface area contributed by atoms with Crippen LogP contribution in [0.5, 0.6) is 5.75 Å². The number of piperidine rings is 1. The van der Waals surface area contributed by atoms with Crippen LogP contribution in [0.2, 0.25) is 0 Å². The van der Waals surface area contributed by atoms with Gasteiger partial charge in [0, 0.05) is 24.1 Å². The summed E-state index contributed by atoms with van der Waals surface area (Å²) in [5, 5.41) is 0. The van der Waals surface area contributed by atoms with Gasteiger partial charge < -0.3 is 19.3 Å². The van der Waals surface area contributed by atoms with E-state index in [1.165, 1.54) is 6.07 Å². The van der Waals surface area contributed by atoms with Gasteiger partial charge in [0.2, 0.25) is 5.91 Å². The molecule has 6 rings (SSSR count). The number of hydrogen-bond acceptors (Lipinski definition) is 5. The molecule has 1 amide bonds. The molecule has 6 atom stereocenters. The van der Waals surface area contributed by atoms with Crippen molar-refractivity contribution in [2.24, 2.45) is 17.3 Å². The van der Waals surface area contributed by atoms with Crippen LogP contribution in [0.3, 0.4) is 0 Å². The summed E-state index contributed by atoms with van der Waals surface area (Å²) in [6, 6.07) is 11.6. The number of hydrogen-bond donors (Lipinski definition) is 0. The van der Waals surface area contributed by atoms with E-state index in [1.54, 1.807) is 17.9 Å². The number of carbonyl (C=O) groups is 2. The second-order valence-corrected chi connectivity index (χ2v) is 12.3. The van der Waals surface area contributed by atoms with Crippen molar-refractivity contribution in [3.8, 4) is 5.75 Å². The van der Waals surface area contributed by atoms with Gasteiger partial charge in [-0.1, -0.05) is 26.0 Å². The fourth-order valence-corrected chi connectivity index (χ4v) is 7.86. The minimum Gasteiger partial charge on any atom is -0.470 e. The fourth-order valence-electron chi connectivity index (χ4n) is 7.86. The highest BCUT2D eigenvalue weighted by Gasteiger charge is 2.62. The van der Waals surface area contributed by atoms with E-state index in [0.29, 0.717) is 35.3 Å². The van der Waals surface area contributed by atoms with Gasteiger partial charge in [-0.3, -0.25) is 4.79 Å². The van der Waals surface area contributed by atoms with Crippen molar-refractivity contribution in [2.75, 3.05) is 19.7 Å². The van der Waals surface area contributed by atoms with Gasteiger partial charge in [-0.25, -0.2) is 4.79 Å². The molecule has 1 aliphatic carbocycles. The summed E-state index contributed by atoms with van der Waals surface area (Å²) in [7, 11) is 0. The van der Waals surface area contributed by atoms with E-state index in [-0.39, 0.29) is 30.4 Å². The third kappa shape index (κ3) is 4.80. The first kappa shape index (κ1) is 28.1. The average molecular weight is 571 g/mol. The molecule has 1 spiro atoms. The summed E-state index contributed by atoms with van der Waals surface area (Å²) < 4.78 is 51.3. The lowest BCUT2D eigenvalue weighted by molar-refractivity contribution is -0.140. The summed E-state index contributed by atoms with van der Waals surface area (Å²) in [6.45, 7) is 8.43.